The lowest BCUT2D eigenvalue weighted by atomic mass is 9.99. The molecule has 0 saturated carbocycles. The summed E-state index contributed by atoms with van der Waals surface area (Å²) in [5.41, 5.74) is 1.18. The number of nitrogens with one attached hydrogen (secondary N) is 1. The molecule has 2 aromatic rings. The summed E-state index contributed by atoms with van der Waals surface area (Å²) in [6.45, 7) is 1.10. The lowest BCUT2D eigenvalue weighted by Crippen LogP contribution is -2.54. The van der Waals surface area contributed by atoms with Crippen LogP contribution in [0.2, 0.25) is 0 Å². The molecule has 0 bridgehead atoms. The van der Waals surface area contributed by atoms with Crippen molar-refractivity contribution >= 4 is 29.2 Å². The zero-order chi connectivity index (χ0) is 16.7. The SMILES string of the molecule is O=C(c1cc(-c2cccs2)[nH]n1)N1CC(CN2C(=O)COC2=O)C1. The topological polar surface area (TPSA) is 95.6 Å². The van der Waals surface area contributed by atoms with Crippen molar-refractivity contribution in [2.45, 2.75) is 0 Å². The number of thiophene rings is 1. The molecule has 2 fully saturated rings. The van der Waals surface area contributed by atoms with E-state index >= 15 is 0 Å². The number of nitrogens with zero attached hydrogens (tertiary/aromatic N) is 3. The van der Waals surface area contributed by atoms with E-state index in [1.54, 1.807) is 22.3 Å². The second kappa shape index (κ2) is 5.75. The summed E-state index contributed by atoms with van der Waals surface area (Å²) < 4.78 is 4.67. The van der Waals surface area contributed by atoms with E-state index < -0.39 is 6.09 Å². The number of amides is 3. The van der Waals surface area contributed by atoms with Crippen LogP contribution in [0.3, 0.4) is 0 Å². The fourth-order valence-corrected chi connectivity index (χ4v) is 3.51. The van der Waals surface area contributed by atoms with Gasteiger partial charge in [0.1, 0.15) is 0 Å². The summed E-state index contributed by atoms with van der Waals surface area (Å²) in [5, 5.41) is 8.91. The van der Waals surface area contributed by atoms with Gasteiger partial charge >= 0.3 is 6.09 Å². The minimum Gasteiger partial charge on any atom is -0.439 e. The molecule has 9 heteroatoms. The van der Waals surface area contributed by atoms with Crippen LogP contribution in [0.1, 0.15) is 10.5 Å². The quantitative estimate of drug-likeness (QED) is 0.897. The van der Waals surface area contributed by atoms with Gasteiger partial charge in [0.05, 0.1) is 10.6 Å². The fourth-order valence-electron chi connectivity index (χ4n) is 2.82. The third-order valence-electron chi connectivity index (χ3n) is 4.11. The second-order valence-corrected chi connectivity index (χ2v) is 6.73. The van der Waals surface area contributed by atoms with Crippen LogP contribution in [0.25, 0.3) is 10.6 Å². The highest BCUT2D eigenvalue weighted by Gasteiger charge is 2.38. The Morgan fingerprint density at radius 2 is 2.25 bits per heavy atom. The fraction of sp³-hybridized carbons (Fsp3) is 0.333. The molecule has 4 heterocycles. The van der Waals surface area contributed by atoms with Gasteiger partial charge in [-0.2, -0.15) is 5.10 Å². The molecule has 0 spiro atoms. The van der Waals surface area contributed by atoms with E-state index in [-0.39, 0.29) is 24.3 Å². The lowest BCUT2D eigenvalue weighted by molar-refractivity contribution is -0.126. The molecule has 2 saturated heterocycles. The van der Waals surface area contributed by atoms with Crippen LogP contribution in [0.4, 0.5) is 4.79 Å². The average molecular weight is 346 g/mol. The number of hydrogen-bond donors (Lipinski definition) is 1. The molecule has 2 aliphatic rings. The van der Waals surface area contributed by atoms with E-state index in [9.17, 15) is 14.4 Å². The molecule has 3 amide bonds. The molecule has 0 radical (unpaired) electrons. The molecule has 0 aromatic carbocycles. The Morgan fingerprint density at radius 1 is 1.42 bits per heavy atom. The van der Waals surface area contributed by atoms with Gasteiger partial charge < -0.3 is 9.64 Å². The maximum atomic E-state index is 12.4. The van der Waals surface area contributed by atoms with E-state index in [1.165, 1.54) is 0 Å². The van der Waals surface area contributed by atoms with Crippen LogP contribution < -0.4 is 0 Å². The Labute approximate surface area is 141 Å². The number of aromatic amines is 1. The Hall–Kier alpha value is -2.68. The maximum Gasteiger partial charge on any atom is 0.417 e. The highest BCUT2D eigenvalue weighted by molar-refractivity contribution is 7.13. The second-order valence-electron chi connectivity index (χ2n) is 5.78. The lowest BCUT2D eigenvalue weighted by Gasteiger charge is -2.39. The van der Waals surface area contributed by atoms with E-state index in [4.69, 9.17) is 0 Å². The molecule has 0 atom stereocenters. The third-order valence-corrected chi connectivity index (χ3v) is 5.01. The molecule has 24 heavy (non-hydrogen) atoms. The number of H-pyrrole nitrogens is 1. The van der Waals surface area contributed by atoms with E-state index in [2.05, 4.69) is 14.9 Å². The number of carbonyl (C=O) groups is 3. The Bertz CT molecular complexity index is 778. The van der Waals surface area contributed by atoms with E-state index in [0.29, 0.717) is 25.3 Å². The molecule has 1 N–H and O–H groups in total. The van der Waals surface area contributed by atoms with Crippen molar-refractivity contribution in [2.24, 2.45) is 5.92 Å². The van der Waals surface area contributed by atoms with Crippen LogP contribution in [0, 0.1) is 5.92 Å². The number of carbonyl (C=O) groups excluding carboxylic acids is 3. The third kappa shape index (κ3) is 2.56. The van der Waals surface area contributed by atoms with Gasteiger partial charge in [0.15, 0.2) is 12.3 Å². The van der Waals surface area contributed by atoms with Gasteiger partial charge in [-0.1, -0.05) is 6.07 Å². The van der Waals surface area contributed by atoms with Crippen molar-refractivity contribution in [1.29, 1.82) is 0 Å². The minimum absolute atomic E-state index is 0.0826. The van der Waals surface area contributed by atoms with Crippen molar-refractivity contribution in [2.75, 3.05) is 26.2 Å². The van der Waals surface area contributed by atoms with Crippen molar-refractivity contribution in [3.05, 3.63) is 29.3 Å². The summed E-state index contributed by atoms with van der Waals surface area (Å²) in [4.78, 5) is 39.1. The molecule has 4 rings (SSSR count). The van der Waals surface area contributed by atoms with Gasteiger partial charge in [-0.3, -0.25) is 14.7 Å². The van der Waals surface area contributed by atoms with Crippen molar-refractivity contribution in [3.8, 4) is 10.6 Å². The van der Waals surface area contributed by atoms with Crippen LogP contribution in [-0.4, -0.2) is 64.1 Å². The highest BCUT2D eigenvalue weighted by Crippen LogP contribution is 2.25. The van der Waals surface area contributed by atoms with Crippen LogP contribution >= 0.6 is 11.3 Å². The van der Waals surface area contributed by atoms with Gasteiger partial charge in [-0.25, -0.2) is 9.69 Å². The Morgan fingerprint density at radius 3 is 2.92 bits per heavy atom. The van der Waals surface area contributed by atoms with Gasteiger partial charge in [0.25, 0.3) is 11.8 Å². The summed E-state index contributed by atoms with van der Waals surface area (Å²) in [6.07, 6.45) is -0.599. The monoisotopic (exact) mass is 346 g/mol. The number of imide groups is 1. The predicted octanol–water partition coefficient (Wildman–Crippen LogP) is 1.19. The molecule has 0 aliphatic carbocycles. The minimum atomic E-state index is -0.599. The van der Waals surface area contributed by atoms with Gasteiger partial charge in [0.2, 0.25) is 0 Å². The van der Waals surface area contributed by atoms with Crippen molar-refractivity contribution < 1.29 is 19.1 Å². The molecular weight excluding hydrogens is 332 g/mol. The van der Waals surface area contributed by atoms with Gasteiger partial charge in [-0.15, -0.1) is 11.3 Å². The zero-order valence-corrected chi connectivity index (χ0v) is 13.4. The highest BCUT2D eigenvalue weighted by atomic mass is 32.1. The number of aromatic nitrogens is 2. The summed E-state index contributed by atoms with van der Waals surface area (Å²) >= 11 is 1.57. The maximum absolute atomic E-state index is 12.4. The first-order valence-electron chi connectivity index (χ1n) is 7.47. The number of cyclic esters (lactones) is 1. The zero-order valence-electron chi connectivity index (χ0n) is 12.6. The molecular formula is C15H14N4O4S. The summed E-state index contributed by atoms with van der Waals surface area (Å²) in [5.74, 6) is -0.391. The molecule has 0 unspecified atom stereocenters. The van der Waals surface area contributed by atoms with Crippen molar-refractivity contribution in [3.63, 3.8) is 0 Å². The average Bonchev–Trinajstić information content (AvgIpc) is 3.24. The van der Waals surface area contributed by atoms with E-state index in [1.807, 2.05) is 17.5 Å². The van der Waals surface area contributed by atoms with Crippen LogP contribution in [0.15, 0.2) is 23.6 Å². The smallest absolute Gasteiger partial charge is 0.417 e. The first kappa shape index (κ1) is 14.9. The standard InChI is InChI=1S/C15H14N4O4S/c20-13-8-23-15(22)19(13)7-9-5-18(6-9)14(21)11-4-10(16-17-11)12-2-1-3-24-12/h1-4,9H,5-8H2,(H,16,17). The Balaban J connectivity index is 1.34. The first-order valence-corrected chi connectivity index (χ1v) is 8.35. The molecule has 8 nitrogen and oxygen atoms in total. The molecule has 2 aromatic heterocycles. The van der Waals surface area contributed by atoms with Crippen LogP contribution in [-0.2, 0) is 9.53 Å². The molecule has 124 valence electrons. The number of hydrogen-bond acceptors (Lipinski definition) is 6. The van der Waals surface area contributed by atoms with Gasteiger partial charge in [-0.05, 0) is 17.5 Å². The predicted molar refractivity (Wildman–Crippen MR) is 84.4 cm³/mol. The van der Waals surface area contributed by atoms with Crippen molar-refractivity contribution in [1.82, 2.24) is 20.0 Å². The first-order chi connectivity index (χ1) is 11.6. The molecule has 2 aliphatic heterocycles. The Kier molecular flexibility index (Phi) is 3.57. The normalized spacial score (nSPS) is 18.0. The van der Waals surface area contributed by atoms with Gasteiger partial charge in [0, 0.05) is 25.6 Å². The van der Waals surface area contributed by atoms with Crippen LogP contribution in [0.5, 0.6) is 0 Å². The number of likely N-dealkylation sites (tertiary alicyclic amines) is 1. The summed E-state index contributed by atoms with van der Waals surface area (Å²) in [7, 11) is 0. The number of rotatable bonds is 4. The van der Waals surface area contributed by atoms with E-state index in [0.717, 1.165) is 15.5 Å². The number of ether oxygens (including phenoxy) is 1. The summed E-state index contributed by atoms with van der Waals surface area (Å²) in [6, 6.07) is 5.63. The largest absolute Gasteiger partial charge is 0.439 e.